The fourth-order valence-corrected chi connectivity index (χ4v) is 3.00. The van der Waals surface area contributed by atoms with E-state index in [4.69, 9.17) is 4.52 Å². The SMILES string of the molecule is CC(C)c1noc(CCNC2CCCSC2)n1. The van der Waals surface area contributed by atoms with Crippen LogP contribution in [0.25, 0.3) is 0 Å². The average Bonchev–Trinajstić information content (AvgIpc) is 2.79. The van der Waals surface area contributed by atoms with Gasteiger partial charge in [0.2, 0.25) is 5.89 Å². The van der Waals surface area contributed by atoms with Crippen molar-refractivity contribution in [3.63, 3.8) is 0 Å². The minimum atomic E-state index is 0.343. The molecule has 0 bridgehead atoms. The van der Waals surface area contributed by atoms with Gasteiger partial charge in [0.25, 0.3) is 0 Å². The molecule has 1 unspecified atom stereocenters. The fraction of sp³-hybridized carbons (Fsp3) is 0.833. The first-order valence-electron chi connectivity index (χ1n) is 6.39. The Bertz CT molecular complexity index is 334. The van der Waals surface area contributed by atoms with Crippen LogP contribution >= 0.6 is 11.8 Å². The van der Waals surface area contributed by atoms with Gasteiger partial charge in [-0.3, -0.25) is 0 Å². The van der Waals surface area contributed by atoms with E-state index in [-0.39, 0.29) is 0 Å². The molecule has 2 heterocycles. The number of hydrogen-bond acceptors (Lipinski definition) is 5. The number of nitrogens with one attached hydrogen (secondary N) is 1. The first-order chi connectivity index (χ1) is 8.25. The Morgan fingerprint density at radius 3 is 3.06 bits per heavy atom. The van der Waals surface area contributed by atoms with Gasteiger partial charge in [0, 0.05) is 30.7 Å². The van der Waals surface area contributed by atoms with Gasteiger partial charge >= 0.3 is 0 Å². The molecule has 4 nitrogen and oxygen atoms in total. The summed E-state index contributed by atoms with van der Waals surface area (Å²) >= 11 is 2.04. The van der Waals surface area contributed by atoms with Gasteiger partial charge in [0.1, 0.15) is 0 Å². The van der Waals surface area contributed by atoms with Crippen molar-refractivity contribution in [2.24, 2.45) is 0 Å². The number of nitrogens with zero attached hydrogens (tertiary/aromatic N) is 2. The van der Waals surface area contributed by atoms with Crippen LogP contribution in [0.2, 0.25) is 0 Å². The zero-order valence-corrected chi connectivity index (χ0v) is 11.4. The molecule has 0 aliphatic carbocycles. The van der Waals surface area contributed by atoms with Crippen LogP contribution in [0.5, 0.6) is 0 Å². The molecule has 0 amide bonds. The van der Waals surface area contributed by atoms with E-state index in [0.29, 0.717) is 12.0 Å². The van der Waals surface area contributed by atoms with E-state index < -0.39 is 0 Å². The van der Waals surface area contributed by atoms with Crippen LogP contribution in [0.4, 0.5) is 0 Å². The monoisotopic (exact) mass is 255 g/mol. The number of aromatic nitrogens is 2. The van der Waals surface area contributed by atoms with Crippen molar-refractivity contribution >= 4 is 11.8 Å². The van der Waals surface area contributed by atoms with Gasteiger partial charge in [-0.15, -0.1) is 0 Å². The van der Waals surface area contributed by atoms with E-state index in [9.17, 15) is 0 Å². The van der Waals surface area contributed by atoms with Gasteiger partial charge in [-0.2, -0.15) is 16.7 Å². The first-order valence-corrected chi connectivity index (χ1v) is 7.55. The van der Waals surface area contributed by atoms with Crippen molar-refractivity contribution < 1.29 is 4.52 Å². The molecule has 1 aromatic rings. The van der Waals surface area contributed by atoms with Crippen molar-refractivity contribution in [1.29, 1.82) is 0 Å². The normalized spacial score (nSPS) is 21.0. The molecule has 1 aromatic heterocycles. The Balaban J connectivity index is 1.70. The van der Waals surface area contributed by atoms with Crippen LogP contribution in [-0.4, -0.2) is 34.2 Å². The highest BCUT2D eigenvalue weighted by molar-refractivity contribution is 7.99. The molecule has 17 heavy (non-hydrogen) atoms. The summed E-state index contributed by atoms with van der Waals surface area (Å²) in [6.07, 6.45) is 3.47. The van der Waals surface area contributed by atoms with Crippen LogP contribution in [0.1, 0.15) is 44.3 Å². The van der Waals surface area contributed by atoms with Gasteiger partial charge < -0.3 is 9.84 Å². The molecule has 1 saturated heterocycles. The summed E-state index contributed by atoms with van der Waals surface area (Å²) in [5, 5.41) is 7.52. The van der Waals surface area contributed by atoms with Crippen molar-refractivity contribution in [2.75, 3.05) is 18.1 Å². The standard InChI is InChI=1S/C12H21N3OS/c1-9(2)12-14-11(16-15-12)5-6-13-10-4-3-7-17-8-10/h9-10,13H,3-8H2,1-2H3. The third-order valence-corrected chi connectivity index (χ3v) is 4.15. The predicted octanol–water partition coefficient (Wildman–Crippen LogP) is 2.22. The molecule has 1 N–H and O–H groups in total. The number of hydrogen-bond donors (Lipinski definition) is 1. The van der Waals surface area contributed by atoms with E-state index in [0.717, 1.165) is 24.7 Å². The van der Waals surface area contributed by atoms with E-state index in [1.165, 1.54) is 24.3 Å². The van der Waals surface area contributed by atoms with Crippen LogP contribution in [0.3, 0.4) is 0 Å². The number of rotatable bonds is 5. The maximum Gasteiger partial charge on any atom is 0.227 e. The predicted molar refractivity (Wildman–Crippen MR) is 70.4 cm³/mol. The Kier molecular flexibility index (Phi) is 4.86. The Morgan fingerprint density at radius 1 is 1.53 bits per heavy atom. The molecule has 1 atom stereocenters. The second-order valence-electron chi connectivity index (χ2n) is 4.82. The van der Waals surface area contributed by atoms with E-state index in [1.54, 1.807) is 0 Å². The summed E-state index contributed by atoms with van der Waals surface area (Å²) in [7, 11) is 0. The fourth-order valence-electron chi connectivity index (χ4n) is 1.89. The van der Waals surface area contributed by atoms with Crippen LogP contribution in [-0.2, 0) is 6.42 Å². The molecule has 1 aliphatic heterocycles. The van der Waals surface area contributed by atoms with Crippen molar-refractivity contribution in [2.45, 2.75) is 45.1 Å². The van der Waals surface area contributed by atoms with Gasteiger partial charge in [-0.1, -0.05) is 19.0 Å². The molecular formula is C12H21N3OS. The summed E-state index contributed by atoms with van der Waals surface area (Å²) in [5.74, 6) is 4.47. The van der Waals surface area contributed by atoms with Crippen molar-refractivity contribution in [3.05, 3.63) is 11.7 Å². The molecule has 0 spiro atoms. The molecule has 0 aromatic carbocycles. The second kappa shape index (κ2) is 6.40. The highest BCUT2D eigenvalue weighted by atomic mass is 32.2. The topological polar surface area (TPSA) is 51.0 Å². The molecule has 1 fully saturated rings. The maximum atomic E-state index is 5.21. The molecule has 0 saturated carbocycles. The molecule has 2 rings (SSSR count). The molecule has 5 heteroatoms. The Labute approximate surface area is 107 Å². The average molecular weight is 255 g/mol. The summed E-state index contributed by atoms with van der Waals surface area (Å²) in [4.78, 5) is 4.37. The lowest BCUT2D eigenvalue weighted by atomic mass is 10.2. The first kappa shape index (κ1) is 12.9. The second-order valence-corrected chi connectivity index (χ2v) is 5.97. The zero-order valence-electron chi connectivity index (χ0n) is 10.6. The molecular weight excluding hydrogens is 234 g/mol. The Morgan fingerprint density at radius 2 is 2.41 bits per heavy atom. The molecule has 96 valence electrons. The van der Waals surface area contributed by atoms with Crippen LogP contribution in [0, 0.1) is 0 Å². The third-order valence-electron chi connectivity index (χ3n) is 2.93. The summed E-state index contributed by atoms with van der Waals surface area (Å²) in [6, 6.07) is 0.668. The highest BCUT2D eigenvalue weighted by Crippen LogP contribution is 2.16. The van der Waals surface area contributed by atoms with E-state index >= 15 is 0 Å². The number of thioether (sulfide) groups is 1. The van der Waals surface area contributed by atoms with Crippen molar-refractivity contribution in [3.8, 4) is 0 Å². The lowest BCUT2D eigenvalue weighted by molar-refractivity contribution is 0.365. The largest absolute Gasteiger partial charge is 0.339 e. The van der Waals surface area contributed by atoms with Crippen LogP contribution < -0.4 is 5.32 Å². The highest BCUT2D eigenvalue weighted by Gasteiger charge is 2.14. The third kappa shape index (κ3) is 4.00. The minimum absolute atomic E-state index is 0.343. The van der Waals surface area contributed by atoms with E-state index in [2.05, 4.69) is 29.3 Å². The molecule has 0 radical (unpaired) electrons. The van der Waals surface area contributed by atoms with Gasteiger partial charge in [-0.05, 0) is 18.6 Å². The lowest BCUT2D eigenvalue weighted by Gasteiger charge is -2.22. The van der Waals surface area contributed by atoms with Crippen molar-refractivity contribution in [1.82, 2.24) is 15.5 Å². The summed E-state index contributed by atoms with van der Waals surface area (Å²) < 4.78 is 5.21. The van der Waals surface area contributed by atoms with Gasteiger partial charge in [0.15, 0.2) is 5.82 Å². The Hall–Kier alpha value is -0.550. The molecule has 1 aliphatic rings. The maximum absolute atomic E-state index is 5.21. The van der Waals surface area contributed by atoms with Gasteiger partial charge in [0.05, 0.1) is 0 Å². The van der Waals surface area contributed by atoms with Gasteiger partial charge in [-0.25, -0.2) is 0 Å². The van der Waals surface area contributed by atoms with Crippen LogP contribution in [0.15, 0.2) is 4.52 Å². The minimum Gasteiger partial charge on any atom is -0.339 e. The quantitative estimate of drug-likeness (QED) is 0.874. The lowest BCUT2D eigenvalue weighted by Crippen LogP contribution is -2.35. The summed E-state index contributed by atoms with van der Waals surface area (Å²) in [5.41, 5.74) is 0. The summed E-state index contributed by atoms with van der Waals surface area (Å²) in [6.45, 7) is 5.09. The van der Waals surface area contributed by atoms with E-state index in [1.807, 2.05) is 11.8 Å². The zero-order chi connectivity index (χ0) is 12.1. The smallest absolute Gasteiger partial charge is 0.227 e.